The van der Waals surface area contributed by atoms with Gasteiger partial charge < -0.3 is 34.2 Å². The van der Waals surface area contributed by atoms with Crippen molar-refractivity contribution >= 4 is 19.8 Å². The summed E-state index contributed by atoms with van der Waals surface area (Å²) in [5, 5.41) is 31.4. The Morgan fingerprint density at radius 3 is 1.97 bits per heavy atom. The van der Waals surface area contributed by atoms with Crippen LogP contribution in [0.5, 0.6) is 0 Å². The maximum atomic E-state index is 12.8. The molecule has 59 heavy (non-hydrogen) atoms. The molecule has 0 bridgehead atoms. The molecule has 1 aliphatic carbocycles. The Morgan fingerprint density at radius 2 is 1.34 bits per heavy atom. The molecule has 12 nitrogen and oxygen atoms in total. The Balaban J connectivity index is 2.52. The number of likely N-dealkylation sites (N-methyl/N-ethyl adjacent to an activating group) is 1. The van der Waals surface area contributed by atoms with Crippen LogP contribution in [0.15, 0.2) is 36.5 Å². The first-order valence-corrected chi connectivity index (χ1v) is 24.5. The largest absolute Gasteiger partial charge is 0.472 e. The van der Waals surface area contributed by atoms with Crippen LogP contribution < -0.4 is 0 Å². The van der Waals surface area contributed by atoms with Gasteiger partial charge in [0.1, 0.15) is 19.8 Å². The van der Waals surface area contributed by atoms with Crippen molar-refractivity contribution in [3.63, 3.8) is 0 Å². The van der Waals surface area contributed by atoms with Crippen molar-refractivity contribution in [2.45, 2.75) is 186 Å². The first-order chi connectivity index (χ1) is 28.2. The minimum absolute atomic E-state index is 0.0196. The molecule has 0 aromatic heterocycles. The number of ether oxygens (including phenoxy) is 2. The van der Waals surface area contributed by atoms with E-state index in [0.717, 1.165) is 44.9 Å². The number of phosphoric acid groups is 1. The van der Waals surface area contributed by atoms with E-state index in [4.69, 9.17) is 18.5 Å². The number of quaternary nitrogens is 1. The molecule has 0 amide bonds. The summed E-state index contributed by atoms with van der Waals surface area (Å²) >= 11 is 0. The number of aliphatic hydroxyl groups is 3. The molecule has 0 spiro atoms. The molecule has 1 aliphatic rings. The summed E-state index contributed by atoms with van der Waals surface area (Å²) in [7, 11) is 1.30. The quantitative estimate of drug-likeness (QED) is 0.0154. The molecule has 1 rings (SSSR count). The van der Waals surface area contributed by atoms with Crippen molar-refractivity contribution in [2.75, 3.05) is 47.5 Å². The molecule has 0 aromatic carbocycles. The lowest BCUT2D eigenvalue weighted by atomic mass is 9.89. The molecule has 13 heteroatoms. The first-order valence-electron chi connectivity index (χ1n) is 23.0. The highest BCUT2D eigenvalue weighted by atomic mass is 31.2. The van der Waals surface area contributed by atoms with Crippen molar-refractivity contribution in [1.29, 1.82) is 0 Å². The van der Waals surface area contributed by atoms with Crippen molar-refractivity contribution in [1.82, 2.24) is 0 Å². The van der Waals surface area contributed by atoms with Gasteiger partial charge in [-0.3, -0.25) is 18.6 Å². The maximum Gasteiger partial charge on any atom is 0.472 e. The summed E-state index contributed by atoms with van der Waals surface area (Å²) in [6.45, 7) is 3.93. The number of unbranched alkanes of at least 4 members (excludes halogenated alkanes) is 15. The third-order valence-corrected chi connectivity index (χ3v) is 11.7. The molecule has 1 saturated carbocycles. The van der Waals surface area contributed by atoms with Crippen molar-refractivity contribution in [2.24, 2.45) is 11.8 Å². The van der Waals surface area contributed by atoms with E-state index in [9.17, 15) is 34.4 Å². The van der Waals surface area contributed by atoms with E-state index in [1.165, 1.54) is 64.2 Å². The summed E-state index contributed by atoms with van der Waals surface area (Å²) < 4.78 is 34.2. The Kier molecular flexibility index (Phi) is 31.5. The average molecular weight is 859 g/mol. The second-order valence-electron chi connectivity index (χ2n) is 17.4. The van der Waals surface area contributed by atoms with E-state index in [1.54, 1.807) is 24.3 Å². The SMILES string of the molecule is CCCCCCCC/C=C\CCCCCCCCCC(=O)O[C@H](COC(=O)C/C=C\C[C@H]1[C@@H](/C=C/[C@H](O)CCCCC)[C@H](O)C[C@@H]1O)COP(=O)(O)OCC[N+](C)(C)C. The fourth-order valence-corrected chi connectivity index (χ4v) is 7.78. The number of phosphoric ester groups is 1. The lowest BCUT2D eigenvalue weighted by molar-refractivity contribution is -0.870. The number of carbonyl (C=O) groups excluding carboxylic acids is 2. The van der Waals surface area contributed by atoms with Crippen LogP contribution in [0.3, 0.4) is 0 Å². The fraction of sp³-hybridized carbons (Fsp3) is 0.826. The number of esters is 2. The van der Waals surface area contributed by atoms with Crippen LogP contribution in [0, 0.1) is 11.8 Å². The van der Waals surface area contributed by atoms with E-state index in [1.807, 2.05) is 21.1 Å². The van der Waals surface area contributed by atoms with Crippen LogP contribution in [0.1, 0.15) is 162 Å². The van der Waals surface area contributed by atoms with Gasteiger partial charge in [-0.15, -0.1) is 0 Å². The zero-order valence-electron chi connectivity index (χ0n) is 37.6. The summed E-state index contributed by atoms with van der Waals surface area (Å²) in [5.41, 5.74) is 0. The summed E-state index contributed by atoms with van der Waals surface area (Å²) in [4.78, 5) is 35.6. The minimum atomic E-state index is -4.46. The Morgan fingerprint density at radius 1 is 0.746 bits per heavy atom. The van der Waals surface area contributed by atoms with Crippen molar-refractivity contribution in [3.8, 4) is 0 Å². The number of hydrogen-bond acceptors (Lipinski definition) is 10. The van der Waals surface area contributed by atoms with Gasteiger partial charge in [-0.25, -0.2) is 4.57 Å². The van der Waals surface area contributed by atoms with Gasteiger partial charge in [-0.1, -0.05) is 134 Å². The van der Waals surface area contributed by atoms with Crippen molar-refractivity contribution < 1.29 is 57.4 Å². The second-order valence-corrected chi connectivity index (χ2v) is 18.9. The van der Waals surface area contributed by atoms with E-state index < -0.39 is 50.8 Å². The maximum absolute atomic E-state index is 12.8. The number of rotatable bonds is 37. The van der Waals surface area contributed by atoms with Gasteiger partial charge in [0.05, 0.1) is 52.5 Å². The Labute approximate surface area is 358 Å². The zero-order valence-corrected chi connectivity index (χ0v) is 38.5. The smallest absolute Gasteiger partial charge is 0.461 e. The van der Waals surface area contributed by atoms with Crippen LogP contribution in [0.4, 0.5) is 0 Å². The number of aliphatic hydroxyl groups excluding tert-OH is 3. The Hall–Kier alpha value is -1.89. The van der Waals surface area contributed by atoms with Crippen LogP contribution in [-0.2, 0) is 32.7 Å². The standard InChI is InChI=1S/C46H84NO11P/c1-6-8-10-11-12-13-14-15-16-17-18-19-20-21-22-23-25-31-46(52)58-40(38-57-59(53,54)56-35-34-47(3,4)5)37-55-45(51)30-27-26-29-41-42(44(50)36-43(41)49)33-32-39(48)28-24-9-7-2/h15-16,26-27,32-33,39-44,48-50H,6-14,17-25,28-31,34-38H2,1-5H3/p+1/b16-15-,27-26-,33-32+/t39-,40-,41+,42-,43+,44-/m1/s1. The summed E-state index contributed by atoms with van der Waals surface area (Å²) in [6.07, 6.45) is 30.3. The zero-order chi connectivity index (χ0) is 43.8. The predicted molar refractivity (Wildman–Crippen MR) is 235 cm³/mol. The third-order valence-electron chi connectivity index (χ3n) is 10.7. The van der Waals surface area contributed by atoms with Gasteiger partial charge in [0, 0.05) is 18.8 Å². The van der Waals surface area contributed by atoms with Gasteiger partial charge in [0.2, 0.25) is 0 Å². The molecule has 1 fully saturated rings. The van der Waals surface area contributed by atoms with E-state index >= 15 is 0 Å². The highest BCUT2D eigenvalue weighted by molar-refractivity contribution is 7.47. The molecule has 0 radical (unpaired) electrons. The van der Waals surface area contributed by atoms with E-state index in [2.05, 4.69) is 26.0 Å². The highest BCUT2D eigenvalue weighted by Gasteiger charge is 2.39. The van der Waals surface area contributed by atoms with Crippen LogP contribution in [-0.4, -0.2) is 109 Å². The topological polar surface area (TPSA) is 169 Å². The van der Waals surface area contributed by atoms with E-state index in [-0.39, 0.29) is 44.3 Å². The van der Waals surface area contributed by atoms with Gasteiger partial charge in [0.15, 0.2) is 6.10 Å². The van der Waals surface area contributed by atoms with Gasteiger partial charge in [-0.2, -0.15) is 0 Å². The molecular weight excluding hydrogens is 773 g/mol. The first kappa shape index (κ1) is 55.1. The van der Waals surface area contributed by atoms with Crippen LogP contribution in [0.2, 0.25) is 0 Å². The lowest BCUT2D eigenvalue weighted by Gasteiger charge is -2.24. The summed E-state index contributed by atoms with van der Waals surface area (Å²) in [6, 6.07) is 0. The second kappa shape index (κ2) is 33.7. The predicted octanol–water partition coefficient (Wildman–Crippen LogP) is 9.29. The van der Waals surface area contributed by atoms with E-state index in [0.29, 0.717) is 30.3 Å². The molecule has 0 saturated heterocycles. The van der Waals surface area contributed by atoms with Crippen LogP contribution >= 0.6 is 7.82 Å². The van der Waals surface area contributed by atoms with Gasteiger partial charge in [0.25, 0.3) is 0 Å². The monoisotopic (exact) mass is 859 g/mol. The molecule has 0 heterocycles. The number of hydrogen-bond donors (Lipinski definition) is 4. The van der Waals surface area contributed by atoms with Crippen LogP contribution in [0.25, 0.3) is 0 Å². The van der Waals surface area contributed by atoms with Gasteiger partial charge >= 0.3 is 19.8 Å². The molecule has 0 aliphatic heterocycles. The summed E-state index contributed by atoms with van der Waals surface area (Å²) in [5.74, 6) is -1.70. The van der Waals surface area contributed by atoms with Gasteiger partial charge in [-0.05, 0) is 50.9 Å². The fourth-order valence-electron chi connectivity index (χ4n) is 7.04. The molecule has 4 N–H and O–H groups in total. The van der Waals surface area contributed by atoms with Crippen molar-refractivity contribution in [3.05, 3.63) is 36.5 Å². The highest BCUT2D eigenvalue weighted by Crippen LogP contribution is 2.43. The Bertz CT molecular complexity index is 1220. The molecule has 7 atom stereocenters. The molecule has 344 valence electrons. The number of allylic oxidation sites excluding steroid dienone is 3. The normalized spacial score (nSPS) is 20.8. The average Bonchev–Trinajstić information content (AvgIpc) is 3.44. The molecular formula is C46H85NO11P+. The lowest BCUT2D eigenvalue weighted by Crippen LogP contribution is -2.37. The molecule has 0 aromatic rings. The third kappa shape index (κ3) is 30.7. The number of carbonyl (C=O) groups is 2. The molecule has 1 unspecified atom stereocenters. The minimum Gasteiger partial charge on any atom is -0.461 e. The number of nitrogens with zero attached hydrogens (tertiary/aromatic N) is 1.